The van der Waals surface area contributed by atoms with E-state index in [-0.39, 0.29) is 61.4 Å². The summed E-state index contributed by atoms with van der Waals surface area (Å²) in [5, 5.41) is 22.0. The first-order valence-corrected chi connectivity index (χ1v) is 21.8. The number of alkyl carbamates (subject to hydrolysis) is 1. The summed E-state index contributed by atoms with van der Waals surface area (Å²) in [5.41, 5.74) is 0.844. The largest absolute Gasteiger partial charge is 0.496 e. The molecular weight excluding hydrogens is 803 g/mol. The Kier molecular flexibility index (Phi) is 16.9. The molecule has 16 nitrogen and oxygen atoms in total. The van der Waals surface area contributed by atoms with Crippen LogP contribution in [0, 0.1) is 0 Å². The third kappa shape index (κ3) is 14.2. The van der Waals surface area contributed by atoms with Gasteiger partial charge < -0.3 is 51.4 Å². The Morgan fingerprint density at radius 2 is 1.59 bits per heavy atom. The lowest BCUT2D eigenvalue weighted by Crippen LogP contribution is -2.47. The summed E-state index contributed by atoms with van der Waals surface area (Å²) in [7, 11) is 3.03. The van der Waals surface area contributed by atoms with E-state index in [1.165, 1.54) is 7.11 Å². The topological polar surface area (TPSA) is 214 Å². The maximum atomic E-state index is 13.7. The van der Waals surface area contributed by atoms with Gasteiger partial charge in [0, 0.05) is 54.6 Å². The highest BCUT2D eigenvalue weighted by Crippen LogP contribution is 2.34. The first-order chi connectivity index (χ1) is 29.2. The zero-order chi connectivity index (χ0) is 43.9. The molecule has 2 aliphatic rings. The Morgan fingerprint density at radius 3 is 2.36 bits per heavy atom. The summed E-state index contributed by atoms with van der Waals surface area (Å²) in [4.78, 5) is 76.3. The molecule has 17 heteroatoms. The maximum Gasteiger partial charge on any atom is 0.407 e. The van der Waals surface area contributed by atoms with Crippen molar-refractivity contribution in [3.05, 3.63) is 65.7 Å². The maximum absolute atomic E-state index is 13.7. The lowest BCUT2D eigenvalue weighted by Gasteiger charge is -2.21. The Bertz CT molecular complexity index is 2040. The molecule has 2 heterocycles. The molecule has 4 atom stereocenters. The predicted molar refractivity (Wildman–Crippen MR) is 235 cm³/mol. The fourth-order valence-corrected chi connectivity index (χ4v) is 8.79. The molecule has 0 unspecified atom stereocenters. The fourth-order valence-electron chi connectivity index (χ4n) is 7.25. The van der Waals surface area contributed by atoms with Gasteiger partial charge in [0.15, 0.2) is 0 Å². The Labute approximate surface area is 361 Å². The predicted octanol–water partition coefficient (Wildman–Crippen LogP) is 5.14. The monoisotopic (exact) mass is 861 g/mol. The molecule has 0 spiro atoms. The Morgan fingerprint density at radius 1 is 0.836 bits per heavy atom. The number of methoxy groups -OCH3 is 2. The van der Waals surface area contributed by atoms with Crippen LogP contribution in [0.3, 0.4) is 0 Å². The average Bonchev–Trinajstić information content (AvgIpc) is 3.78. The van der Waals surface area contributed by atoms with Crippen molar-refractivity contribution in [3.63, 3.8) is 0 Å². The molecule has 3 aromatic carbocycles. The van der Waals surface area contributed by atoms with E-state index in [0.29, 0.717) is 48.2 Å². The van der Waals surface area contributed by atoms with Crippen molar-refractivity contribution in [3.8, 4) is 11.5 Å². The molecule has 0 aliphatic carbocycles. The van der Waals surface area contributed by atoms with Gasteiger partial charge in [0.25, 0.3) is 5.91 Å². The minimum Gasteiger partial charge on any atom is -0.496 e. The number of carbonyl (C=O) groups excluding carboxylic acids is 6. The van der Waals surface area contributed by atoms with Gasteiger partial charge in [-0.3, -0.25) is 19.2 Å². The van der Waals surface area contributed by atoms with Gasteiger partial charge in [-0.1, -0.05) is 30.7 Å². The van der Waals surface area contributed by atoms with E-state index in [1.807, 2.05) is 36.0 Å². The summed E-state index contributed by atoms with van der Waals surface area (Å²) in [6.07, 6.45) is 3.69. The van der Waals surface area contributed by atoms with Gasteiger partial charge in [-0.15, -0.1) is 0 Å². The van der Waals surface area contributed by atoms with Crippen molar-refractivity contribution in [2.24, 2.45) is 0 Å². The number of ether oxygens (including phenoxy) is 3. The van der Waals surface area contributed by atoms with Crippen LogP contribution in [0.15, 0.2) is 54.6 Å². The number of hydrogen-bond acceptors (Lipinski definition) is 10. The zero-order valence-electron chi connectivity index (χ0n) is 35.6. The van der Waals surface area contributed by atoms with Crippen LogP contribution in [0.1, 0.15) is 88.1 Å². The summed E-state index contributed by atoms with van der Waals surface area (Å²) in [6.45, 7) is 6.01. The number of anilines is 1. The van der Waals surface area contributed by atoms with Gasteiger partial charge in [-0.2, -0.15) is 11.8 Å². The third-order valence-corrected chi connectivity index (χ3v) is 11.8. The van der Waals surface area contributed by atoms with E-state index in [1.54, 1.807) is 58.2 Å². The standard InChI is InChI=1S/C44H59N7O9S/c1-44(2,3)60-43(57)46-21-10-15-32(49-40(54)31-23-28-13-9-16-34(58-4)30(28)24-35(31)59-5)41(55)47-25-27-12-8-14-29(22-27)48-38(53)19-11-20-45-37(52)18-7-6-17-36-39-33(26-61-36)50-42(56)51-39/h8-9,12-14,16,22-24,32-33,36,39H,6-7,10-11,15,17-21,25-26H2,1-5H3,(H,45,52)(H,46,57)(H,47,55)(H,48,53)(H,49,54)(H2,50,51,56)/t32-,33-,36-,39-/m0/s1. The number of unbranched alkanes of at least 4 members (excludes halogenated alkanes) is 1. The number of fused-ring (bicyclic) bond motifs is 2. The van der Waals surface area contributed by atoms with Crippen molar-refractivity contribution in [1.82, 2.24) is 31.9 Å². The highest BCUT2D eigenvalue weighted by atomic mass is 32.2. The molecule has 61 heavy (non-hydrogen) atoms. The number of urea groups is 1. The van der Waals surface area contributed by atoms with Crippen LogP contribution in [-0.4, -0.2) is 97.8 Å². The summed E-state index contributed by atoms with van der Waals surface area (Å²) >= 11 is 1.86. The van der Waals surface area contributed by atoms with E-state index in [9.17, 15) is 28.8 Å². The van der Waals surface area contributed by atoms with Crippen LogP contribution in [0.4, 0.5) is 15.3 Å². The lowest BCUT2D eigenvalue weighted by molar-refractivity contribution is -0.123. The summed E-state index contributed by atoms with van der Waals surface area (Å²) < 4.78 is 16.4. The van der Waals surface area contributed by atoms with Gasteiger partial charge in [0.1, 0.15) is 23.1 Å². The number of amides is 7. The second-order valence-electron chi connectivity index (χ2n) is 16.1. The SMILES string of the molecule is COc1cc2c(OC)cccc2cc1C(=O)N[C@@H](CCCNC(=O)OC(C)(C)C)C(=O)NCc1cccc(NC(=O)CCCNC(=O)CCCC[C@@H]2SC[C@@H]3NC(=O)N[C@@H]32)c1. The van der Waals surface area contributed by atoms with E-state index < -0.39 is 29.6 Å². The highest BCUT2D eigenvalue weighted by molar-refractivity contribution is 8.00. The molecule has 0 radical (unpaired) electrons. The van der Waals surface area contributed by atoms with Crippen molar-refractivity contribution in [2.45, 2.75) is 108 Å². The minimum atomic E-state index is -0.971. The number of carbonyl (C=O) groups is 6. The molecule has 2 saturated heterocycles. The quantitative estimate of drug-likeness (QED) is 0.0554. The average molecular weight is 862 g/mol. The molecular formula is C44H59N7O9S. The fraction of sp³-hybridized carbons (Fsp3) is 0.500. The molecule has 0 saturated carbocycles. The number of nitrogens with one attached hydrogen (secondary N) is 7. The summed E-state index contributed by atoms with van der Waals surface area (Å²) in [5.74, 6) is 0.639. The van der Waals surface area contributed by atoms with Crippen molar-refractivity contribution >= 4 is 64.0 Å². The van der Waals surface area contributed by atoms with Crippen LogP contribution in [0.25, 0.3) is 10.8 Å². The molecule has 3 aromatic rings. The van der Waals surface area contributed by atoms with E-state index >= 15 is 0 Å². The van der Waals surface area contributed by atoms with Crippen molar-refractivity contribution < 1.29 is 43.0 Å². The van der Waals surface area contributed by atoms with Crippen LogP contribution in [0.2, 0.25) is 0 Å². The highest BCUT2D eigenvalue weighted by Gasteiger charge is 2.42. The van der Waals surface area contributed by atoms with Gasteiger partial charge >= 0.3 is 12.1 Å². The van der Waals surface area contributed by atoms with Gasteiger partial charge in [-0.05, 0) is 94.2 Å². The van der Waals surface area contributed by atoms with Crippen LogP contribution >= 0.6 is 11.8 Å². The van der Waals surface area contributed by atoms with Crippen molar-refractivity contribution in [1.29, 1.82) is 0 Å². The molecule has 2 fully saturated rings. The molecule has 2 aliphatic heterocycles. The van der Waals surface area contributed by atoms with Gasteiger partial charge in [0.2, 0.25) is 17.7 Å². The van der Waals surface area contributed by atoms with E-state index in [0.717, 1.165) is 41.4 Å². The van der Waals surface area contributed by atoms with E-state index in [4.69, 9.17) is 14.2 Å². The van der Waals surface area contributed by atoms with E-state index in [2.05, 4.69) is 37.2 Å². The van der Waals surface area contributed by atoms with Gasteiger partial charge in [-0.25, -0.2) is 9.59 Å². The second kappa shape index (κ2) is 22.2. The normalized spacial score (nSPS) is 17.3. The molecule has 7 N–H and O–H groups in total. The van der Waals surface area contributed by atoms with Crippen molar-refractivity contribution in [2.75, 3.05) is 38.4 Å². The van der Waals surface area contributed by atoms with Gasteiger partial charge in [0.05, 0.1) is 31.9 Å². The van der Waals surface area contributed by atoms with Crippen LogP contribution in [-0.2, 0) is 25.7 Å². The van der Waals surface area contributed by atoms with Crippen LogP contribution in [0.5, 0.6) is 11.5 Å². The second-order valence-corrected chi connectivity index (χ2v) is 17.4. The smallest absolute Gasteiger partial charge is 0.407 e. The molecule has 0 aromatic heterocycles. The molecule has 5 rings (SSSR count). The third-order valence-electron chi connectivity index (χ3n) is 10.2. The number of hydrogen-bond donors (Lipinski definition) is 7. The van der Waals surface area contributed by atoms with Crippen LogP contribution < -0.4 is 46.7 Å². The zero-order valence-corrected chi connectivity index (χ0v) is 36.4. The summed E-state index contributed by atoms with van der Waals surface area (Å²) in [6, 6.07) is 15.3. The molecule has 7 amide bonds. The first-order valence-electron chi connectivity index (χ1n) is 20.8. The number of benzene rings is 3. The first kappa shape index (κ1) is 46.4. The Balaban J connectivity index is 1.08. The lowest BCUT2D eigenvalue weighted by atomic mass is 10.0. The Hall–Kier alpha value is -5.71. The number of rotatable bonds is 21. The molecule has 0 bridgehead atoms. The minimum absolute atomic E-state index is 0.0447. The molecule has 330 valence electrons. The number of thioether (sulfide) groups is 1.